The average molecular weight is 299 g/mol. The van der Waals surface area contributed by atoms with Crippen molar-refractivity contribution in [2.75, 3.05) is 18.8 Å². The summed E-state index contributed by atoms with van der Waals surface area (Å²) < 4.78 is 81.5. The first kappa shape index (κ1) is 15.2. The minimum atomic E-state index is -5.15. The summed E-state index contributed by atoms with van der Waals surface area (Å²) in [5.41, 5.74) is -4.84. The molecule has 0 bridgehead atoms. The van der Waals surface area contributed by atoms with Crippen molar-refractivity contribution in [3.05, 3.63) is 0 Å². The molecule has 1 rings (SSSR count). The normalized spacial score (nSPS) is 20.3. The van der Waals surface area contributed by atoms with Crippen LogP contribution in [0.25, 0.3) is 0 Å². The molecule has 0 radical (unpaired) electrons. The van der Waals surface area contributed by atoms with Crippen LogP contribution >= 0.6 is 0 Å². The van der Waals surface area contributed by atoms with Gasteiger partial charge in [-0.3, -0.25) is 4.21 Å². The number of alkyl halides is 6. The molecule has 0 aromatic carbocycles. The van der Waals surface area contributed by atoms with Crippen LogP contribution in [0.2, 0.25) is 0 Å². The number of halogens is 6. The first-order chi connectivity index (χ1) is 8.00. The smallest absolute Gasteiger partial charge is 0.361 e. The zero-order valence-electron chi connectivity index (χ0n) is 8.55. The Hall–Kier alpha value is -0.840. The summed E-state index contributed by atoms with van der Waals surface area (Å²) in [5.74, 6) is -3.87. The number of nitrogens with zero attached hydrogens (tertiary/aromatic N) is 1. The maximum atomic E-state index is 11.9. The van der Waals surface area contributed by atoms with E-state index in [2.05, 4.69) is 4.84 Å². The molecule has 0 aliphatic carbocycles. The van der Waals surface area contributed by atoms with Gasteiger partial charge in [0.25, 0.3) is 0 Å². The number of rotatable bonds is 3. The fourth-order valence-corrected chi connectivity index (χ4v) is 2.01. The predicted octanol–water partition coefficient (Wildman–Crippen LogP) is 1.21. The molecular weight excluding hydrogens is 292 g/mol. The van der Waals surface area contributed by atoms with Crippen LogP contribution in [-0.2, 0) is 20.4 Å². The second-order valence-corrected chi connectivity index (χ2v) is 5.03. The van der Waals surface area contributed by atoms with Crippen molar-refractivity contribution in [3.8, 4) is 0 Å². The van der Waals surface area contributed by atoms with E-state index in [1.165, 1.54) is 0 Å². The van der Waals surface area contributed by atoms with Gasteiger partial charge >= 0.3 is 17.7 Å². The van der Waals surface area contributed by atoms with Crippen LogP contribution in [0.1, 0.15) is 0 Å². The van der Waals surface area contributed by atoms with E-state index >= 15 is 0 Å². The Bertz CT molecular complexity index is 316. The van der Waals surface area contributed by atoms with Gasteiger partial charge in [-0.05, 0) is 0 Å². The largest absolute Gasteiger partial charge is 0.492 e. The van der Waals surface area contributed by atoms with Crippen LogP contribution in [0.5, 0.6) is 0 Å². The molecule has 1 unspecified atom stereocenters. The molecule has 1 saturated heterocycles. The molecule has 0 spiro atoms. The van der Waals surface area contributed by atoms with Crippen LogP contribution in [0, 0.1) is 5.92 Å². The van der Waals surface area contributed by atoms with Crippen LogP contribution in [0.15, 0.2) is 0 Å². The molecule has 18 heavy (non-hydrogen) atoms. The number of hydroxylamine groups is 2. The Morgan fingerprint density at radius 2 is 1.72 bits per heavy atom. The number of hydrogen-bond donors (Lipinski definition) is 0. The third-order valence-electron chi connectivity index (χ3n) is 2.01. The molecule has 1 aliphatic heterocycles. The summed E-state index contributed by atoms with van der Waals surface area (Å²) >= 11 is 0. The third-order valence-corrected chi connectivity index (χ3v) is 3.30. The first-order valence-corrected chi connectivity index (χ1v) is 5.81. The number of carbonyl (C=O) groups excluding carboxylic acids is 1. The van der Waals surface area contributed by atoms with E-state index in [0.29, 0.717) is 5.06 Å². The van der Waals surface area contributed by atoms with Gasteiger partial charge in [-0.15, -0.1) is 5.06 Å². The lowest BCUT2D eigenvalue weighted by atomic mass is 10.1. The quantitative estimate of drug-likeness (QED) is 0.735. The lowest BCUT2D eigenvalue weighted by molar-refractivity contribution is -0.257. The van der Waals surface area contributed by atoms with E-state index in [1.54, 1.807) is 0 Å². The summed E-state index contributed by atoms with van der Waals surface area (Å²) in [4.78, 5) is 14.2. The van der Waals surface area contributed by atoms with Crippen LogP contribution in [0.3, 0.4) is 0 Å². The Kier molecular flexibility index (Phi) is 4.26. The second kappa shape index (κ2) is 5.03. The lowest BCUT2D eigenvalue weighted by Crippen LogP contribution is -2.51. The van der Waals surface area contributed by atoms with Gasteiger partial charge in [0.15, 0.2) is 0 Å². The van der Waals surface area contributed by atoms with Gasteiger partial charge in [-0.25, -0.2) is 4.79 Å². The zero-order valence-corrected chi connectivity index (χ0v) is 9.36. The highest BCUT2D eigenvalue weighted by atomic mass is 32.2. The SMILES string of the molecule is O=C(ON1CC(CS(=O)C(F)(F)F)C1)C(F)(F)F. The van der Waals surface area contributed by atoms with Gasteiger partial charge < -0.3 is 4.84 Å². The average Bonchev–Trinajstić information content (AvgIpc) is 2.10. The van der Waals surface area contributed by atoms with Gasteiger partial charge in [0.05, 0.1) is 0 Å². The van der Waals surface area contributed by atoms with E-state index < -0.39 is 40.1 Å². The van der Waals surface area contributed by atoms with Crippen molar-refractivity contribution in [2.45, 2.75) is 11.7 Å². The van der Waals surface area contributed by atoms with Crippen molar-refractivity contribution in [1.29, 1.82) is 0 Å². The maximum Gasteiger partial charge on any atom is 0.492 e. The van der Waals surface area contributed by atoms with E-state index in [4.69, 9.17) is 0 Å². The first-order valence-electron chi connectivity index (χ1n) is 4.49. The maximum absolute atomic E-state index is 11.9. The monoisotopic (exact) mass is 299 g/mol. The van der Waals surface area contributed by atoms with Crippen molar-refractivity contribution >= 4 is 16.8 Å². The van der Waals surface area contributed by atoms with Crippen LogP contribution in [0.4, 0.5) is 26.3 Å². The highest BCUT2D eigenvalue weighted by Gasteiger charge is 2.46. The molecule has 0 saturated carbocycles. The van der Waals surface area contributed by atoms with E-state index in [0.717, 1.165) is 0 Å². The molecule has 0 aromatic rings. The molecule has 106 valence electrons. The van der Waals surface area contributed by atoms with Gasteiger partial charge in [0.1, 0.15) is 10.8 Å². The Morgan fingerprint density at radius 1 is 1.22 bits per heavy atom. The van der Waals surface area contributed by atoms with Crippen molar-refractivity contribution in [2.24, 2.45) is 5.92 Å². The predicted molar refractivity (Wildman–Crippen MR) is 46.3 cm³/mol. The van der Waals surface area contributed by atoms with Gasteiger partial charge in [0.2, 0.25) is 0 Å². The summed E-state index contributed by atoms with van der Waals surface area (Å²) in [7, 11) is -3.05. The number of carbonyl (C=O) groups is 1. The summed E-state index contributed by atoms with van der Waals surface area (Å²) in [6.45, 7) is -0.604. The Balaban J connectivity index is 2.29. The summed E-state index contributed by atoms with van der Waals surface area (Å²) in [6, 6.07) is 0. The topological polar surface area (TPSA) is 46.6 Å². The second-order valence-electron chi connectivity index (χ2n) is 3.55. The standard InChI is InChI=1S/C7H7F6NO3S/c8-6(9,10)5(15)17-14-1-4(2-14)3-18(16)7(11,12)13/h4H,1-3H2. The van der Waals surface area contributed by atoms with Gasteiger partial charge in [-0.1, -0.05) is 0 Å². The fourth-order valence-electron chi connectivity index (χ4n) is 1.18. The van der Waals surface area contributed by atoms with Crippen molar-refractivity contribution in [1.82, 2.24) is 5.06 Å². The lowest BCUT2D eigenvalue weighted by Gasteiger charge is -2.36. The minimum absolute atomic E-state index is 0.302. The number of hydrogen-bond acceptors (Lipinski definition) is 4. The highest BCUT2D eigenvalue weighted by molar-refractivity contribution is 7.85. The van der Waals surface area contributed by atoms with Crippen LogP contribution in [-0.4, -0.2) is 45.8 Å². The highest BCUT2D eigenvalue weighted by Crippen LogP contribution is 2.26. The summed E-state index contributed by atoms with van der Waals surface area (Å²) in [5, 5.41) is 0.577. The molecule has 0 aromatic heterocycles. The fraction of sp³-hybridized carbons (Fsp3) is 0.857. The van der Waals surface area contributed by atoms with E-state index in [-0.39, 0.29) is 13.1 Å². The van der Waals surface area contributed by atoms with Crippen molar-refractivity contribution < 1.29 is 40.2 Å². The Morgan fingerprint density at radius 3 is 2.11 bits per heavy atom. The minimum Gasteiger partial charge on any atom is -0.361 e. The molecule has 1 atom stereocenters. The molecular formula is C7H7F6NO3S. The molecule has 0 amide bonds. The third kappa shape index (κ3) is 4.12. The molecule has 1 aliphatic rings. The zero-order chi connectivity index (χ0) is 14.1. The molecule has 11 heteroatoms. The molecule has 4 nitrogen and oxygen atoms in total. The summed E-state index contributed by atoms with van der Waals surface area (Å²) in [6.07, 6.45) is -5.15. The molecule has 0 N–H and O–H groups in total. The van der Waals surface area contributed by atoms with E-state index in [1.807, 2.05) is 0 Å². The van der Waals surface area contributed by atoms with Gasteiger partial charge in [0, 0.05) is 24.8 Å². The molecule has 1 heterocycles. The van der Waals surface area contributed by atoms with Gasteiger partial charge in [-0.2, -0.15) is 26.3 Å². The van der Waals surface area contributed by atoms with E-state index in [9.17, 15) is 35.3 Å². The van der Waals surface area contributed by atoms with Crippen LogP contribution < -0.4 is 0 Å². The van der Waals surface area contributed by atoms with Crippen molar-refractivity contribution in [3.63, 3.8) is 0 Å². The molecule has 1 fully saturated rings. The Labute approximate surface area is 99.3 Å².